The molecule has 5 nitrogen and oxygen atoms in total. The van der Waals surface area contributed by atoms with Gasteiger partial charge in [-0.3, -0.25) is 19.4 Å². The summed E-state index contributed by atoms with van der Waals surface area (Å²) < 4.78 is 6.34. The minimum Gasteiger partial charge on any atom is -0.466 e. The summed E-state index contributed by atoms with van der Waals surface area (Å²) in [5.41, 5.74) is 1.08. The van der Waals surface area contributed by atoms with Crippen molar-refractivity contribution in [1.29, 1.82) is 0 Å². The molecule has 0 radical (unpaired) electrons. The van der Waals surface area contributed by atoms with Gasteiger partial charge in [-0.05, 0) is 27.7 Å². The summed E-state index contributed by atoms with van der Waals surface area (Å²) in [5, 5.41) is 2.96. The maximum atomic E-state index is 11.9. The third-order valence-electron chi connectivity index (χ3n) is 2.36. The summed E-state index contributed by atoms with van der Waals surface area (Å²) in [6.45, 7) is 7.68. The number of carbonyl (C=O) groups is 1. The van der Waals surface area contributed by atoms with E-state index in [0.29, 0.717) is 12.2 Å². The van der Waals surface area contributed by atoms with E-state index in [1.807, 2.05) is 13.8 Å². The van der Waals surface area contributed by atoms with Crippen LogP contribution in [-0.2, 0) is 16.0 Å². The van der Waals surface area contributed by atoms with Crippen LogP contribution in [0.1, 0.15) is 38.1 Å². The van der Waals surface area contributed by atoms with Gasteiger partial charge in [0.05, 0.1) is 18.6 Å². The number of esters is 1. The Morgan fingerprint density at radius 3 is 2.56 bits per heavy atom. The number of hydrogen-bond acceptors (Lipinski definition) is 3. The second-order valence-corrected chi connectivity index (χ2v) is 3.97. The van der Waals surface area contributed by atoms with E-state index in [1.54, 1.807) is 13.8 Å². The molecule has 0 spiro atoms. The molecular weight excluding hydrogens is 208 g/mol. The van der Waals surface area contributed by atoms with Crippen molar-refractivity contribution in [2.75, 3.05) is 6.61 Å². The summed E-state index contributed by atoms with van der Waals surface area (Å²) >= 11 is 0. The lowest BCUT2D eigenvalue weighted by atomic mass is 10.2. The molecule has 16 heavy (non-hydrogen) atoms. The molecule has 1 N–H and O–H groups in total. The highest BCUT2D eigenvalue weighted by molar-refractivity contribution is 5.72. The van der Waals surface area contributed by atoms with Crippen LogP contribution in [0, 0.1) is 6.92 Å². The van der Waals surface area contributed by atoms with Gasteiger partial charge in [-0.1, -0.05) is 0 Å². The number of H-pyrrole nitrogens is 1. The fraction of sp³-hybridized carbons (Fsp3) is 0.636. The molecule has 0 fully saturated rings. The monoisotopic (exact) mass is 226 g/mol. The Bertz CT molecular complexity index is 429. The van der Waals surface area contributed by atoms with Crippen molar-refractivity contribution in [3.63, 3.8) is 0 Å². The first-order valence-corrected chi connectivity index (χ1v) is 5.43. The highest BCUT2D eigenvalue weighted by atomic mass is 16.5. The molecule has 0 saturated carbocycles. The first kappa shape index (κ1) is 12.5. The zero-order valence-corrected chi connectivity index (χ0v) is 10.2. The molecule has 1 heterocycles. The summed E-state index contributed by atoms with van der Waals surface area (Å²) in [5.74, 6) is -0.363. The van der Waals surface area contributed by atoms with Crippen molar-refractivity contribution in [3.8, 4) is 0 Å². The van der Waals surface area contributed by atoms with Crippen LogP contribution in [-0.4, -0.2) is 22.4 Å². The van der Waals surface area contributed by atoms with Crippen LogP contribution < -0.4 is 5.56 Å². The van der Waals surface area contributed by atoms with Crippen LogP contribution in [0.25, 0.3) is 0 Å². The van der Waals surface area contributed by atoms with Crippen LogP contribution in [0.3, 0.4) is 0 Å². The van der Waals surface area contributed by atoms with Gasteiger partial charge in [0.15, 0.2) is 0 Å². The van der Waals surface area contributed by atoms with Gasteiger partial charge in [0, 0.05) is 11.7 Å². The highest BCUT2D eigenvalue weighted by Crippen LogP contribution is 2.06. The van der Waals surface area contributed by atoms with E-state index in [1.165, 1.54) is 4.68 Å². The number of ether oxygens (including phenoxy) is 1. The SMILES string of the molecule is CCOC(=O)Cc1c(C)[nH]n(C(C)C)c1=O. The van der Waals surface area contributed by atoms with Gasteiger partial charge in [-0.25, -0.2) is 0 Å². The van der Waals surface area contributed by atoms with Gasteiger partial charge in [0.1, 0.15) is 0 Å². The molecule has 90 valence electrons. The van der Waals surface area contributed by atoms with Crippen LogP contribution in [0.2, 0.25) is 0 Å². The van der Waals surface area contributed by atoms with E-state index in [2.05, 4.69) is 5.10 Å². The minimum absolute atomic E-state index is 0.0364. The quantitative estimate of drug-likeness (QED) is 0.784. The van der Waals surface area contributed by atoms with Crippen LogP contribution >= 0.6 is 0 Å². The van der Waals surface area contributed by atoms with Crippen LogP contribution in [0.15, 0.2) is 4.79 Å². The molecule has 1 aromatic rings. The molecule has 0 aromatic carbocycles. The molecule has 0 aliphatic heterocycles. The van der Waals surface area contributed by atoms with Gasteiger partial charge in [-0.2, -0.15) is 0 Å². The average Bonchev–Trinajstić information content (AvgIpc) is 2.46. The molecule has 0 aliphatic rings. The van der Waals surface area contributed by atoms with Crippen molar-refractivity contribution in [3.05, 3.63) is 21.6 Å². The van der Waals surface area contributed by atoms with E-state index in [4.69, 9.17) is 4.74 Å². The molecule has 5 heteroatoms. The molecule has 1 aromatic heterocycles. The number of aromatic amines is 1. The fourth-order valence-electron chi connectivity index (χ4n) is 1.53. The van der Waals surface area contributed by atoms with Crippen molar-refractivity contribution in [1.82, 2.24) is 9.78 Å². The Hall–Kier alpha value is -1.52. The molecule has 0 aliphatic carbocycles. The molecule has 0 saturated heterocycles. The number of aromatic nitrogens is 2. The van der Waals surface area contributed by atoms with E-state index < -0.39 is 0 Å². The first-order chi connectivity index (χ1) is 7.47. The van der Waals surface area contributed by atoms with E-state index in [-0.39, 0.29) is 24.0 Å². The third kappa shape index (κ3) is 2.53. The second kappa shape index (κ2) is 5.01. The first-order valence-electron chi connectivity index (χ1n) is 5.43. The van der Waals surface area contributed by atoms with Crippen molar-refractivity contribution in [2.45, 2.75) is 40.2 Å². The topological polar surface area (TPSA) is 64.1 Å². The number of rotatable bonds is 4. The average molecular weight is 226 g/mol. The molecule has 0 bridgehead atoms. The Morgan fingerprint density at radius 1 is 1.50 bits per heavy atom. The third-order valence-corrected chi connectivity index (χ3v) is 2.36. The number of nitrogens with one attached hydrogen (secondary N) is 1. The van der Waals surface area contributed by atoms with Crippen molar-refractivity contribution < 1.29 is 9.53 Å². The van der Waals surface area contributed by atoms with Crippen LogP contribution in [0.5, 0.6) is 0 Å². The Balaban J connectivity index is 2.97. The van der Waals surface area contributed by atoms with Gasteiger partial charge < -0.3 is 4.74 Å². The van der Waals surface area contributed by atoms with E-state index in [0.717, 1.165) is 5.69 Å². The number of carbonyl (C=O) groups excluding carboxylic acids is 1. The van der Waals surface area contributed by atoms with Crippen molar-refractivity contribution in [2.24, 2.45) is 0 Å². The smallest absolute Gasteiger partial charge is 0.310 e. The molecule has 0 amide bonds. The molecule has 0 unspecified atom stereocenters. The lowest BCUT2D eigenvalue weighted by Gasteiger charge is -2.03. The number of nitrogens with zero attached hydrogens (tertiary/aromatic N) is 1. The van der Waals surface area contributed by atoms with Crippen LogP contribution in [0.4, 0.5) is 0 Å². The fourth-order valence-corrected chi connectivity index (χ4v) is 1.53. The van der Waals surface area contributed by atoms with E-state index >= 15 is 0 Å². The minimum atomic E-state index is -0.363. The Labute approximate surface area is 94.4 Å². The van der Waals surface area contributed by atoms with Gasteiger partial charge >= 0.3 is 5.97 Å². The summed E-state index contributed by atoms with van der Waals surface area (Å²) in [7, 11) is 0. The normalized spacial score (nSPS) is 10.8. The maximum absolute atomic E-state index is 11.9. The summed E-state index contributed by atoms with van der Waals surface area (Å²) in [6, 6.07) is 0.0575. The van der Waals surface area contributed by atoms with E-state index in [9.17, 15) is 9.59 Å². The standard InChI is InChI=1S/C11H18N2O3/c1-5-16-10(14)6-9-8(4)12-13(7(2)3)11(9)15/h7,12H,5-6H2,1-4H3. The maximum Gasteiger partial charge on any atom is 0.310 e. The van der Waals surface area contributed by atoms with Gasteiger partial charge in [-0.15, -0.1) is 0 Å². The zero-order chi connectivity index (χ0) is 12.3. The predicted octanol–water partition coefficient (Wildman–Crippen LogP) is 1.17. The number of hydrogen-bond donors (Lipinski definition) is 1. The zero-order valence-electron chi connectivity index (χ0n) is 10.2. The van der Waals surface area contributed by atoms with Crippen molar-refractivity contribution >= 4 is 5.97 Å². The Morgan fingerprint density at radius 2 is 2.12 bits per heavy atom. The second-order valence-electron chi connectivity index (χ2n) is 3.97. The van der Waals surface area contributed by atoms with Gasteiger partial charge in [0.25, 0.3) is 5.56 Å². The van der Waals surface area contributed by atoms with Gasteiger partial charge in [0.2, 0.25) is 0 Å². The molecule has 0 atom stereocenters. The molecule has 1 rings (SSSR count). The largest absolute Gasteiger partial charge is 0.466 e. The summed E-state index contributed by atoms with van der Waals surface area (Å²) in [4.78, 5) is 23.2. The molecular formula is C11H18N2O3. The lowest BCUT2D eigenvalue weighted by Crippen LogP contribution is -2.22. The Kier molecular flexibility index (Phi) is 3.93. The number of aryl methyl sites for hydroxylation is 1. The lowest BCUT2D eigenvalue weighted by molar-refractivity contribution is -0.142. The predicted molar refractivity (Wildman–Crippen MR) is 60.5 cm³/mol. The highest BCUT2D eigenvalue weighted by Gasteiger charge is 2.16. The summed E-state index contributed by atoms with van der Waals surface area (Å²) in [6.07, 6.45) is 0.0364.